The van der Waals surface area contributed by atoms with Gasteiger partial charge in [-0.2, -0.15) is 0 Å². The van der Waals surface area contributed by atoms with E-state index in [2.05, 4.69) is 14.7 Å². The van der Waals surface area contributed by atoms with E-state index in [1.54, 1.807) is 31.2 Å². The van der Waals surface area contributed by atoms with Gasteiger partial charge in [0, 0.05) is 10.6 Å². The number of anilines is 1. The van der Waals surface area contributed by atoms with Crippen LogP contribution in [0.15, 0.2) is 69.1 Å². The molecule has 1 heterocycles. The van der Waals surface area contributed by atoms with Crippen LogP contribution in [0.25, 0.3) is 22.2 Å². The minimum Gasteiger partial charge on any atom is -0.316 e. The summed E-state index contributed by atoms with van der Waals surface area (Å²) in [6.07, 6.45) is 0. The van der Waals surface area contributed by atoms with Crippen LogP contribution in [0.3, 0.4) is 0 Å². The Labute approximate surface area is 186 Å². The van der Waals surface area contributed by atoms with E-state index in [1.165, 1.54) is 18.2 Å². The zero-order valence-corrected chi connectivity index (χ0v) is 18.3. The number of halogens is 2. The van der Waals surface area contributed by atoms with Crippen molar-refractivity contribution in [1.82, 2.24) is 9.97 Å². The smallest absolute Gasteiger partial charge is 0.314 e. The van der Waals surface area contributed by atoms with Crippen molar-refractivity contribution in [1.29, 1.82) is 0 Å². The third-order valence-corrected chi connectivity index (χ3v) is 6.77. The number of benzene rings is 3. The number of aryl methyl sites for hydroxylation is 1. The maximum atomic E-state index is 13.0. The molecule has 10 heteroatoms. The number of sulfonamides is 1. The Morgan fingerprint density at radius 1 is 0.839 bits per heavy atom. The minimum absolute atomic E-state index is 0.0411. The summed E-state index contributed by atoms with van der Waals surface area (Å²) in [6, 6.07) is 14.7. The van der Waals surface area contributed by atoms with Crippen LogP contribution in [0, 0.1) is 6.92 Å². The van der Waals surface area contributed by atoms with Gasteiger partial charge < -0.3 is 9.97 Å². The molecule has 4 aromatic rings. The molecule has 158 valence electrons. The molecule has 0 saturated carbocycles. The SMILES string of the molecule is Cc1cc2[nH]c(=O)c(=O)[nH]c2cc1S(=O)(=O)Nc1ccc(-c2ccc(Cl)cc2)c(Cl)c1. The molecule has 0 aliphatic heterocycles. The van der Waals surface area contributed by atoms with Crippen LogP contribution >= 0.6 is 23.2 Å². The van der Waals surface area contributed by atoms with Gasteiger partial charge in [-0.3, -0.25) is 14.3 Å². The van der Waals surface area contributed by atoms with Gasteiger partial charge in [0.25, 0.3) is 10.0 Å². The fourth-order valence-electron chi connectivity index (χ4n) is 3.19. The number of hydrogen-bond donors (Lipinski definition) is 3. The molecule has 0 aliphatic rings. The topological polar surface area (TPSA) is 112 Å². The van der Waals surface area contributed by atoms with Crippen molar-refractivity contribution in [2.75, 3.05) is 4.72 Å². The number of aromatic nitrogens is 2. The van der Waals surface area contributed by atoms with Crippen LogP contribution in [-0.2, 0) is 10.0 Å². The second-order valence-corrected chi connectivity index (χ2v) is 9.37. The molecule has 0 atom stereocenters. The largest absolute Gasteiger partial charge is 0.316 e. The van der Waals surface area contributed by atoms with Gasteiger partial charge in [-0.05, 0) is 54.4 Å². The van der Waals surface area contributed by atoms with E-state index in [0.717, 1.165) is 11.1 Å². The minimum atomic E-state index is -4.00. The highest BCUT2D eigenvalue weighted by molar-refractivity contribution is 7.92. The number of rotatable bonds is 4. The summed E-state index contributed by atoms with van der Waals surface area (Å²) in [5, 5.41) is 0.958. The maximum absolute atomic E-state index is 13.0. The Morgan fingerprint density at radius 2 is 1.45 bits per heavy atom. The molecule has 0 spiro atoms. The molecule has 4 rings (SSSR count). The summed E-state index contributed by atoms with van der Waals surface area (Å²) in [5.41, 5.74) is 1.09. The Balaban J connectivity index is 1.70. The van der Waals surface area contributed by atoms with Gasteiger partial charge in [-0.1, -0.05) is 41.4 Å². The first kappa shape index (κ1) is 21.2. The average molecular weight is 476 g/mol. The molecule has 0 bridgehead atoms. The van der Waals surface area contributed by atoms with Crippen molar-refractivity contribution < 1.29 is 8.42 Å². The van der Waals surface area contributed by atoms with Crippen LogP contribution < -0.4 is 15.8 Å². The zero-order valence-electron chi connectivity index (χ0n) is 16.0. The van der Waals surface area contributed by atoms with Crippen LogP contribution in [0.4, 0.5) is 5.69 Å². The Hall–Kier alpha value is -3.07. The third kappa shape index (κ3) is 4.23. The first-order chi connectivity index (χ1) is 14.6. The molecular formula is C21H15Cl2N3O4S. The molecule has 1 aromatic heterocycles. The quantitative estimate of drug-likeness (QED) is 0.382. The normalized spacial score (nSPS) is 11.6. The predicted octanol–water partition coefficient (Wildman–Crippen LogP) is 4.30. The standard InChI is InChI=1S/C21H15Cl2N3O4S/c1-11-8-17-18(25-21(28)20(27)24-17)10-19(11)31(29,30)26-14-6-7-15(16(23)9-14)12-2-4-13(22)5-3-12/h2-10,26H,1H3,(H,24,27)(H,25,28). The summed E-state index contributed by atoms with van der Waals surface area (Å²) in [7, 11) is -4.00. The lowest BCUT2D eigenvalue weighted by molar-refractivity contribution is 0.600. The summed E-state index contributed by atoms with van der Waals surface area (Å²) < 4.78 is 28.5. The van der Waals surface area contributed by atoms with Crippen molar-refractivity contribution in [2.45, 2.75) is 11.8 Å². The zero-order chi connectivity index (χ0) is 22.3. The predicted molar refractivity (Wildman–Crippen MR) is 123 cm³/mol. The summed E-state index contributed by atoms with van der Waals surface area (Å²) in [6.45, 7) is 1.59. The van der Waals surface area contributed by atoms with Crippen molar-refractivity contribution >= 4 is 49.9 Å². The number of fused-ring (bicyclic) bond motifs is 1. The monoisotopic (exact) mass is 475 g/mol. The fraction of sp³-hybridized carbons (Fsp3) is 0.0476. The highest BCUT2D eigenvalue weighted by atomic mass is 35.5. The average Bonchev–Trinajstić information content (AvgIpc) is 2.69. The van der Waals surface area contributed by atoms with Gasteiger partial charge in [0.15, 0.2) is 0 Å². The molecule has 0 amide bonds. The summed E-state index contributed by atoms with van der Waals surface area (Å²) in [5.74, 6) is 0. The van der Waals surface area contributed by atoms with E-state index < -0.39 is 21.1 Å². The van der Waals surface area contributed by atoms with Gasteiger partial charge in [0.05, 0.1) is 26.6 Å². The molecule has 31 heavy (non-hydrogen) atoms. The lowest BCUT2D eigenvalue weighted by atomic mass is 10.1. The number of aromatic amines is 2. The Kier molecular flexibility index (Phi) is 5.38. The first-order valence-electron chi connectivity index (χ1n) is 8.99. The molecular weight excluding hydrogens is 461 g/mol. The second-order valence-electron chi connectivity index (χ2n) is 6.88. The molecule has 3 N–H and O–H groups in total. The number of nitrogens with one attached hydrogen (secondary N) is 3. The third-order valence-electron chi connectivity index (χ3n) is 4.68. The highest BCUT2D eigenvalue weighted by Crippen LogP contribution is 2.32. The van der Waals surface area contributed by atoms with Crippen LogP contribution in [0.5, 0.6) is 0 Å². The lowest BCUT2D eigenvalue weighted by Crippen LogP contribution is -2.29. The lowest BCUT2D eigenvalue weighted by Gasteiger charge is -2.13. The number of hydrogen-bond acceptors (Lipinski definition) is 4. The van der Waals surface area contributed by atoms with Crippen LogP contribution in [-0.4, -0.2) is 18.4 Å². The van der Waals surface area contributed by atoms with Crippen LogP contribution in [0.1, 0.15) is 5.56 Å². The first-order valence-corrected chi connectivity index (χ1v) is 11.2. The van der Waals surface area contributed by atoms with Gasteiger partial charge in [0.2, 0.25) is 0 Å². The Morgan fingerprint density at radius 3 is 2.06 bits per heavy atom. The molecule has 0 aliphatic carbocycles. The van der Waals surface area contributed by atoms with E-state index in [9.17, 15) is 18.0 Å². The van der Waals surface area contributed by atoms with Gasteiger partial charge >= 0.3 is 11.1 Å². The second kappa shape index (κ2) is 7.88. The Bertz CT molecular complexity index is 1540. The van der Waals surface area contributed by atoms with Crippen molar-refractivity contribution in [2.24, 2.45) is 0 Å². The van der Waals surface area contributed by atoms with Gasteiger partial charge in [-0.25, -0.2) is 8.42 Å². The van der Waals surface area contributed by atoms with E-state index in [1.807, 2.05) is 12.1 Å². The fourth-order valence-corrected chi connectivity index (χ4v) is 4.91. The van der Waals surface area contributed by atoms with Crippen molar-refractivity contribution in [3.05, 3.63) is 90.9 Å². The molecule has 0 saturated heterocycles. The summed E-state index contributed by atoms with van der Waals surface area (Å²) >= 11 is 12.3. The van der Waals surface area contributed by atoms with E-state index in [0.29, 0.717) is 21.1 Å². The van der Waals surface area contributed by atoms with E-state index in [4.69, 9.17) is 23.2 Å². The molecule has 7 nitrogen and oxygen atoms in total. The highest BCUT2D eigenvalue weighted by Gasteiger charge is 2.19. The van der Waals surface area contributed by atoms with Gasteiger partial charge in [-0.15, -0.1) is 0 Å². The summed E-state index contributed by atoms with van der Waals surface area (Å²) in [4.78, 5) is 27.8. The van der Waals surface area contributed by atoms with Gasteiger partial charge in [0.1, 0.15) is 0 Å². The molecule has 0 radical (unpaired) electrons. The maximum Gasteiger partial charge on any atom is 0.314 e. The molecule has 0 unspecified atom stereocenters. The van der Waals surface area contributed by atoms with E-state index >= 15 is 0 Å². The molecule has 0 fully saturated rings. The van der Waals surface area contributed by atoms with Crippen molar-refractivity contribution in [3.63, 3.8) is 0 Å². The van der Waals surface area contributed by atoms with E-state index in [-0.39, 0.29) is 16.1 Å². The number of H-pyrrole nitrogens is 2. The molecule has 3 aromatic carbocycles. The van der Waals surface area contributed by atoms with Crippen molar-refractivity contribution in [3.8, 4) is 11.1 Å². The van der Waals surface area contributed by atoms with Crippen LogP contribution in [0.2, 0.25) is 10.0 Å².